The van der Waals surface area contributed by atoms with Gasteiger partial charge in [0.25, 0.3) is 5.91 Å². The lowest BCUT2D eigenvalue weighted by Crippen LogP contribution is -2.25. The Labute approximate surface area is 245 Å². The monoisotopic (exact) mass is 599 g/mol. The van der Waals surface area contributed by atoms with Gasteiger partial charge in [0.05, 0.1) is 28.6 Å². The number of carbonyl (C=O) groups is 1. The van der Waals surface area contributed by atoms with Crippen LogP contribution in [0.25, 0.3) is 56.0 Å². The van der Waals surface area contributed by atoms with Crippen molar-refractivity contribution in [3.63, 3.8) is 0 Å². The molecule has 12 heteroatoms. The van der Waals surface area contributed by atoms with Crippen molar-refractivity contribution >= 4 is 43.8 Å². The number of phenolic OH excluding ortho intramolecular Hbond substituents is 1. The molecule has 10 nitrogen and oxygen atoms in total. The number of nitrogens with one attached hydrogen (secondary N) is 2. The number of anilines is 1. The SMILES string of the molecule is CNC(=O)c1c(-c2ccc(F)cc2)oc2cc(N(C)S(C)(=O)=O)c(-c3cccc(-c4nc5nccc(C)c5[nH]4)c3O)cc12. The Kier molecular flexibility index (Phi) is 6.65. The number of H-pyrrole nitrogens is 1. The third kappa shape index (κ3) is 4.75. The van der Waals surface area contributed by atoms with Gasteiger partial charge in [0.1, 0.15) is 28.7 Å². The quantitative estimate of drug-likeness (QED) is 0.226. The number of aromatic nitrogens is 3. The summed E-state index contributed by atoms with van der Waals surface area (Å²) < 4.78 is 46.4. The van der Waals surface area contributed by atoms with Crippen molar-refractivity contribution in [2.24, 2.45) is 0 Å². The zero-order valence-electron chi connectivity index (χ0n) is 23.6. The Morgan fingerprint density at radius 2 is 1.79 bits per heavy atom. The summed E-state index contributed by atoms with van der Waals surface area (Å²) in [5, 5.41) is 14.6. The maximum absolute atomic E-state index is 13.7. The van der Waals surface area contributed by atoms with Gasteiger partial charge >= 0.3 is 0 Å². The number of rotatable bonds is 6. The minimum absolute atomic E-state index is 0.162. The molecule has 3 N–H and O–H groups in total. The van der Waals surface area contributed by atoms with Crippen LogP contribution in [0.2, 0.25) is 0 Å². The molecule has 218 valence electrons. The molecule has 3 heterocycles. The fourth-order valence-electron chi connectivity index (χ4n) is 5.06. The Morgan fingerprint density at radius 1 is 1.07 bits per heavy atom. The molecule has 3 aromatic carbocycles. The smallest absolute Gasteiger partial charge is 0.255 e. The molecule has 0 atom stereocenters. The number of hydrogen-bond acceptors (Lipinski definition) is 7. The summed E-state index contributed by atoms with van der Waals surface area (Å²) in [4.78, 5) is 25.2. The first-order valence-corrected chi connectivity index (χ1v) is 15.0. The number of aryl methyl sites for hydroxylation is 1. The third-order valence-electron chi connectivity index (χ3n) is 7.39. The number of para-hydroxylation sites is 1. The number of fused-ring (bicyclic) bond motifs is 2. The number of phenols is 1. The van der Waals surface area contributed by atoms with Crippen molar-refractivity contribution in [1.82, 2.24) is 20.3 Å². The van der Waals surface area contributed by atoms with Crippen LogP contribution in [0.4, 0.5) is 10.1 Å². The molecule has 43 heavy (non-hydrogen) atoms. The Morgan fingerprint density at radius 3 is 2.47 bits per heavy atom. The van der Waals surface area contributed by atoms with Gasteiger partial charge in [-0.2, -0.15) is 0 Å². The molecule has 0 bridgehead atoms. The van der Waals surface area contributed by atoms with Gasteiger partial charge < -0.3 is 19.8 Å². The number of nitrogens with zero attached hydrogens (tertiary/aromatic N) is 3. The van der Waals surface area contributed by atoms with E-state index in [2.05, 4.69) is 20.3 Å². The van der Waals surface area contributed by atoms with E-state index in [0.717, 1.165) is 21.6 Å². The Bertz CT molecular complexity index is 2170. The van der Waals surface area contributed by atoms with E-state index in [-0.39, 0.29) is 28.3 Å². The molecule has 0 fully saturated rings. The van der Waals surface area contributed by atoms with Crippen LogP contribution in [-0.2, 0) is 10.0 Å². The molecule has 0 unspecified atom stereocenters. The van der Waals surface area contributed by atoms with Crippen molar-refractivity contribution in [1.29, 1.82) is 0 Å². The van der Waals surface area contributed by atoms with E-state index in [1.807, 2.05) is 13.0 Å². The summed E-state index contributed by atoms with van der Waals surface area (Å²) in [6.45, 7) is 1.92. The first kappa shape index (κ1) is 27.9. The van der Waals surface area contributed by atoms with Gasteiger partial charge in [-0.05, 0) is 55.0 Å². The van der Waals surface area contributed by atoms with Crippen LogP contribution in [0.1, 0.15) is 15.9 Å². The zero-order chi connectivity index (χ0) is 30.6. The van der Waals surface area contributed by atoms with Gasteiger partial charge in [0.15, 0.2) is 5.65 Å². The van der Waals surface area contributed by atoms with E-state index in [1.54, 1.807) is 30.5 Å². The molecule has 0 saturated carbocycles. The molecule has 3 aromatic heterocycles. The molecule has 0 radical (unpaired) electrons. The summed E-state index contributed by atoms with van der Waals surface area (Å²) in [7, 11) is -0.910. The van der Waals surface area contributed by atoms with Crippen molar-refractivity contribution < 1.29 is 27.1 Å². The molecule has 6 rings (SSSR count). The third-order valence-corrected chi connectivity index (χ3v) is 8.58. The number of amides is 1. The predicted octanol–water partition coefficient (Wildman–Crippen LogP) is 5.61. The van der Waals surface area contributed by atoms with Gasteiger partial charge in [-0.25, -0.2) is 22.8 Å². The number of sulfonamides is 1. The number of aromatic hydroxyl groups is 1. The number of aromatic amines is 1. The van der Waals surface area contributed by atoms with Crippen LogP contribution in [-0.4, -0.2) is 54.7 Å². The summed E-state index contributed by atoms with van der Waals surface area (Å²) in [5.74, 6) is -0.515. The van der Waals surface area contributed by atoms with Crippen LogP contribution < -0.4 is 9.62 Å². The standard InChI is InChI=1S/C31H26FN5O5S/c1-16-12-13-34-30-26(16)35-29(36-30)20-7-5-6-19(27(20)38)21-14-22-24(15-23(21)37(3)43(4,40)41)42-28(25(22)31(39)33-2)17-8-10-18(32)11-9-17/h5-15,38H,1-4H3,(H,33,39)(H,34,35,36). The summed E-state index contributed by atoms with van der Waals surface area (Å²) in [5.41, 5.74) is 4.18. The van der Waals surface area contributed by atoms with E-state index < -0.39 is 21.7 Å². The number of furan rings is 1. The van der Waals surface area contributed by atoms with E-state index >= 15 is 0 Å². The number of benzene rings is 3. The maximum Gasteiger partial charge on any atom is 0.255 e. The lowest BCUT2D eigenvalue weighted by Gasteiger charge is -2.21. The fourth-order valence-corrected chi connectivity index (χ4v) is 5.57. The van der Waals surface area contributed by atoms with Gasteiger partial charge in [0, 0.05) is 48.4 Å². The van der Waals surface area contributed by atoms with Crippen LogP contribution >= 0.6 is 0 Å². The maximum atomic E-state index is 13.7. The average Bonchev–Trinajstić information content (AvgIpc) is 3.58. The molecular weight excluding hydrogens is 573 g/mol. The van der Waals surface area contributed by atoms with Crippen LogP contribution in [0.15, 0.2) is 71.3 Å². The minimum Gasteiger partial charge on any atom is -0.507 e. The van der Waals surface area contributed by atoms with Crippen LogP contribution in [0.3, 0.4) is 0 Å². The largest absolute Gasteiger partial charge is 0.507 e. The van der Waals surface area contributed by atoms with Gasteiger partial charge in [-0.1, -0.05) is 12.1 Å². The summed E-state index contributed by atoms with van der Waals surface area (Å²) in [6.07, 6.45) is 2.71. The number of imidazole rings is 1. The molecule has 0 aliphatic carbocycles. The molecule has 0 aliphatic heterocycles. The van der Waals surface area contributed by atoms with Crippen LogP contribution in [0, 0.1) is 12.7 Å². The van der Waals surface area contributed by atoms with Crippen molar-refractivity contribution in [3.8, 4) is 39.6 Å². The van der Waals surface area contributed by atoms with E-state index in [4.69, 9.17) is 4.42 Å². The first-order chi connectivity index (χ1) is 20.5. The van der Waals surface area contributed by atoms with Crippen LogP contribution in [0.5, 0.6) is 5.75 Å². The molecular formula is C31H26FN5O5S. The van der Waals surface area contributed by atoms with E-state index in [9.17, 15) is 22.7 Å². The number of hydrogen-bond donors (Lipinski definition) is 3. The zero-order valence-corrected chi connectivity index (χ0v) is 24.4. The predicted molar refractivity (Wildman–Crippen MR) is 163 cm³/mol. The first-order valence-electron chi connectivity index (χ1n) is 13.1. The number of carbonyl (C=O) groups excluding carboxylic acids is 1. The minimum atomic E-state index is -3.77. The second-order valence-electron chi connectivity index (χ2n) is 10.1. The second kappa shape index (κ2) is 10.2. The van der Waals surface area contributed by atoms with Gasteiger partial charge in [-0.15, -0.1) is 0 Å². The topological polar surface area (TPSA) is 141 Å². The second-order valence-corrected chi connectivity index (χ2v) is 12.1. The van der Waals surface area contributed by atoms with E-state index in [1.165, 1.54) is 44.4 Å². The summed E-state index contributed by atoms with van der Waals surface area (Å²) in [6, 6.07) is 15.5. The van der Waals surface area contributed by atoms with Crippen molar-refractivity contribution in [2.45, 2.75) is 6.92 Å². The molecule has 0 aliphatic rings. The molecule has 6 aromatic rings. The highest BCUT2D eigenvalue weighted by molar-refractivity contribution is 7.92. The average molecular weight is 600 g/mol. The van der Waals surface area contributed by atoms with E-state index in [0.29, 0.717) is 39.1 Å². The highest BCUT2D eigenvalue weighted by Crippen LogP contribution is 2.45. The van der Waals surface area contributed by atoms with Crippen molar-refractivity contribution in [3.05, 3.63) is 83.8 Å². The molecule has 0 spiro atoms. The number of halogens is 1. The lowest BCUT2D eigenvalue weighted by molar-refractivity contribution is 0.0964. The Hall–Kier alpha value is -5.23. The fraction of sp³-hybridized carbons (Fsp3) is 0.129. The van der Waals surface area contributed by atoms with Crippen molar-refractivity contribution in [2.75, 3.05) is 24.7 Å². The highest BCUT2D eigenvalue weighted by atomic mass is 32.2. The molecule has 0 saturated heterocycles. The Balaban J connectivity index is 1.64. The molecule has 1 amide bonds. The normalized spacial score (nSPS) is 11.7. The number of pyridine rings is 1. The van der Waals surface area contributed by atoms with Gasteiger partial charge in [-0.3, -0.25) is 9.10 Å². The lowest BCUT2D eigenvalue weighted by atomic mass is 9.96. The summed E-state index contributed by atoms with van der Waals surface area (Å²) >= 11 is 0. The van der Waals surface area contributed by atoms with Gasteiger partial charge in [0.2, 0.25) is 10.0 Å². The highest BCUT2D eigenvalue weighted by Gasteiger charge is 2.27.